The molecule has 1 atom stereocenters. The van der Waals surface area contributed by atoms with Crippen molar-refractivity contribution in [1.82, 2.24) is 30.4 Å². The second-order valence-electron chi connectivity index (χ2n) is 14.3. The Hall–Kier alpha value is -4.44. The number of anilines is 2. The lowest BCUT2D eigenvalue weighted by atomic mass is 9.95. The molecule has 6 heterocycles. The number of nitrogens with zero attached hydrogens (tertiary/aromatic N) is 4. The number of rotatable bonds is 16. The van der Waals surface area contributed by atoms with E-state index in [4.69, 9.17) is 5.11 Å². The molecule has 0 spiro atoms. The number of unbranched alkanes of at least 4 members (excludes halogenated alkanes) is 2. The van der Waals surface area contributed by atoms with Gasteiger partial charge >= 0.3 is 11.9 Å². The number of hydrogen-bond acceptors (Lipinski definition) is 11. The molecule has 16 heteroatoms. The van der Waals surface area contributed by atoms with Crippen molar-refractivity contribution >= 4 is 35.4 Å². The lowest BCUT2D eigenvalue weighted by Crippen LogP contribution is -2.66. The molecule has 2 aromatic heterocycles. The number of aryl methyl sites for hydroxylation is 4. The number of fused-ring (bicyclic) bond motifs is 2. The molecule has 4 aliphatic rings. The first-order valence-electron chi connectivity index (χ1n) is 18.8. The third-order valence-electron chi connectivity index (χ3n) is 10.0. The summed E-state index contributed by atoms with van der Waals surface area (Å²) in [6.07, 6.45) is 10.4. The molecule has 53 heavy (non-hydrogen) atoms. The highest BCUT2D eigenvalue weighted by molar-refractivity contribution is 5.87. The molecule has 0 radical (unpaired) electrons. The van der Waals surface area contributed by atoms with Crippen LogP contribution in [-0.4, -0.2) is 120 Å². The van der Waals surface area contributed by atoms with Crippen LogP contribution in [0.25, 0.3) is 0 Å². The maximum atomic E-state index is 14.3. The zero-order chi connectivity index (χ0) is 37.6. The van der Waals surface area contributed by atoms with Crippen molar-refractivity contribution in [3.05, 3.63) is 46.8 Å². The number of likely N-dealkylation sites (tertiary alicyclic amines) is 2. The van der Waals surface area contributed by atoms with E-state index in [0.717, 1.165) is 93.9 Å². The van der Waals surface area contributed by atoms with Gasteiger partial charge in [-0.1, -0.05) is 12.1 Å². The van der Waals surface area contributed by atoms with Crippen LogP contribution in [0.3, 0.4) is 0 Å². The lowest BCUT2D eigenvalue weighted by Gasteiger charge is -2.42. The van der Waals surface area contributed by atoms with Crippen LogP contribution in [0.15, 0.2) is 24.3 Å². The van der Waals surface area contributed by atoms with E-state index in [1.54, 1.807) is 0 Å². The molecule has 6 rings (SSSR count). The third-order valence-corrected chi connectivity index (χ3v) is 10.0. The van der Waals surface area contributed by atoms with Gasteiger partial charge in [0.15, 0.2) is 0 Å². The van der Waals surface area contributed by atoms with Gasteiger partial charge in [-0.15, -0.1) is 0 Å². The lowest BCUT2D eigenvalue weighted by molar-refractivity contribution is -0.188. The van der Waals surface area contributed by atoms with Gasteiger partial charge in [-0.3, -0.25) is 29.1 Å². The second kappa shape index (κ2) is 19.6. The summed E-state index contributed by atoms with van der Waals surface area (Å²) in [5, 5.41) is 21.0. The fourth-order valence-electron chi connectivity index (χ4n) is 7.10. The van der Waals surface area contributed by atoms with E-state index >= 15 is 0 Å². The number of carbonyl (C=O) groups excluding carboxylic acids is 3. The zero-order valence-electron chi connectivity index (χ0n) is 30.3. The highest BCUT2D eigenvalue weighted by Gasteiger charge is 2.50. The number of hydrogen-bond donors (Lipinski definition) is 5. The first kappa shape index (κ1) is 39.8. The molecule has 0 aliphatic carbocycles. The van der Waals surface area contributed by atoms with Crippen LogP contribution in [0.1, 0.15) is 67.5 Å². The van der Waals surface area contributed by atoms with E-state index in [1.807, 2.05) is 11.0 Å². The van der Waals surface area contributed by atoms with E-state index in [2.05, 4.69) is 54.4 Å². The summed E-state index contributed by atoms with van der Waals surface area (Å²) in [6, 6.07) is 8.43. The van der Waals surface area contributed by atoms with E-state index in [9.17, 15) is 28.1 Å². The van der Waals surface area contributed by atoms with Crippen molar-refractivity contribution in [2.45, 2.75) is 76.3 Å². The van der Waals surface area contributed by atoms with Crippen molar-refractivity contribution in [2.75, 3.05) is 76.1 Å². The van der Waals surface area contributed by atoms with Crippen molar-refractivity contribution < 1.29 is 38.1 Å². The van der Waals surface area contributed by atoms with Crippen molar-refractivity contribution in [3.63, 3.8) is 0 Å². The Balaban J connectivity index is 0.000000204. The first-order chi connectivity index (χ1) is 25.6. The van der Waals surface area contributed by atoms with Gasteiger partial charge in [-0.25, -0.2) is 19.2 Å². The number of carboxylic acids is 1. The highest BCUT2D eigenvalue weighted by Crippen LogP contribution is 2.26. The summed E-state index contributed by atoms with van der Waals surface area (Å²) in [6.45, 7) is 3.40. The van der Waals surface area contributed by atoms with Crippen LogP contribution in [0.5, 0.6) is 0 Å². The van der Waals surface area contributed by atoms with E-state index in [-0.39, 0.29) is 38.0 Å². The molecule has 0 aromatic carbocycles. The quantitative estimate of drug-likeness (QED) is 0.159. The standard InChI is InChI=1S/C19H28N4O3.C18H24F2N4O3/c24-17(25)13-23-11-8-15(12-23)19(26)21-9-2-1-5-16-7-6-14-4-3-10-20-18(14)22-16;19-18(11-24(12-18)10-15(25)27-20)17(26)22-8-2-1-5-14-7-6-13-4-3-9-21-16(13)23-14/h6-7,15H,1-5,8-13H2,(H,20,22)(H,21,26)(H,24,25);6-7H,1-5,8-12H2,(H,21,23)(H,22,26). The summed E-state index contributed by atoms with van der Waals surface area (Å²) in [7, 11) is 0. The summed E-state index contributed by atoms with van der Waals surface area (Å²) in [5.41, 5.74) is 2.64. The summed E-state index contributed by atoms with van der Waals surface area (Å²) < 4.78 is 26.0. The maximum Gasteiger partial charge on any atom is 0.362 e. The Labute approximate surface area is 308 Å². The number of aromatic nitrogens is 2. The molecule has 1 unspecified atom stereocenters. The van der Waals surface area contributed by atoms with E-state index < -0.39 is 23.5 Å². The van der Waals surface area contributed by atoms with Crippen LogP contribution < -0.4 is 21.3 Å². The normalized spacial score (nSPS) is 18.8. The molecule has 2 amide bonds. The molecule has 0 bridgehead atoms. The molecule has 4 aliphatic heterocycles. The fourth-order valence-corrected chi connectivity index (χ4v) is 7.10. The smallest absolute Gasteiger partial charge is 0.362 e. The number of aliphatic carboxylic acids is 1. The van der Waals surface area contributed by atoms with Crippen LogP contribution >= 0.6 is 0 Å². The van der Waals surface area contributed by atoms with Gasteiger partial charge in [-0.05, 0) is 100 Å². The first-order valence-corrected chi connectivity index (χ1v) is 18.8. The fraction of sp³-hybridized carbons (Fsp3) is 0.622. The van der Waals surface area contributed by atoms with Crippen molar-refractivity contribution in [2.24, 2.45) is 5.92 Å². The second-order valence-corrected chi connectivity index (χ2v) is 14.3. The molecule has 2 saturated heterocycles. The van der Waals surface area contributed by atoms with Gasteiger partial charge in [0.05, 0.1) is 12.5 Å². The monoisotopic (exact) mass is 742 g/mol. The molecule has 14 nitrogen and oxygen atoms in total. The van der Waals surface area contributed by atoms with Gasteiger partial charge in [0, 0.05) is 61.7 Å². The van der Waals surface area contributed by atoms with Gasteiger partial charge in [0.1, 0.15) is 18.2 Å². The number of alkyl halides is 1. The third kappa shape index (κ3) is 12.0. The predicted octanol–water partition coefficient (Wildman–Crippen LogP) is 2.62. The average molecular weight is 743 g/mol. The average Bonchev–Trinajstić information content (AvgIpc) is 3.61. The van der Waals surface area contributed by atoms with Crippen molar-refractivity contribution in [1.29, 1.82) is 0 Å². The number of halogens is 2. The van der Waals surface area contributed by atoms with E-state index in [1.165, 1.54) is 22.4 Å². The largest absolute Gasteiger partial charge is 0.480 e. The molecular weight excluding hydrogens is 690 g/mol. The Morgan fingerprint density at radius 2 is 1.43 bits per heavy atom. The van der Waals surface area contributed by atoms with Crippen LogP contribution in [0, 0.1) is 5.92 Å². The Morgan fingerprint density at radius 1 is 0.849 bits per heavy atom. The molecule has 5 N–H and O–H groups in total. The van der Waals surface area contributed by atoms with Gasteiger partial charge in [0.2, 0.25) is 11.6 Å². The minimum atomic E-state index is -2.03. The molecule has 2 fully saturated rings. The SMILES string of the molecule is O=C(CN1CC(F)(C(=O)NCCCCc2ccc3c(n2)NCCC3)C1)OF.O=C(O)CN1CCC(C(=O)NCCCCc2ccc3c(n2)NCCC3)C1. The van der Waals surface area contributed by atoms with Crippen LogP contribution in [-0.2, 0) is 49.8 Å². The molecular formula is C37H52F2N8O6. The highest BCUT2D eigenvalue weighted by atomic mass is 19.3. The predicted molar refractivity (Wildman–Crippen MR) is 194 cm³/mol. The Kier molecular flexibility index (Phi) is 14.7. The number of carboxylic acid groups (broad SMARTS) is 1. The number of amides is 2. The van der Waals surface area contributed by atoms with Crippen molar-refractivity contribution in [3.8, 4) is 0 Å². The maximum absolute atomic E-state index is 14.3. The number of nitrogens with one attached hydrogen (secondary N) is 4. The zero-order valence-corrected chi connectivity index (χ0v) is 30.3. The van der Waals surface area contributed by atoms with Gasteiger partial charge in [0.25, 0.3) is 5.91 Å². The Bertz CT molecular complexity index is 1580. The summed E-state index contributed by atoms with van der Waals surface area (Å²) in [4.78, 5) is 61.0. The minimum Gasteiger partial charge on any atom is -0.480 e. The van der Waals surface area contributed by atoms with Crippen LogP contribution in [0.2, 0.25) is 0 Å². The van der Waals surface area contributed by atoms with E-state index in [0.29, 0.717) is 32.6 Å². The van der Waals surface area contributed by atoms with Crippen LogP contribution in [0.4, 0.5) is 20.6 Å². The molecule has 2 aromatic rings. The summed E-state index contributed by atoms with van der Waals surface area (Å²) >= 11 is 0. The number of pyridine rings is 2. The number of carbonyl (C=O) groups is 4. The van der Waals surface area contributed by atoms with Gasteiger partial charge in [-0.2, -0.15) is 0 Å². The van der Waals surface area contributed by atoms with Gasteiger partial charge < -0.3 is 26.4 Å². The minimum absolute atomic E-state index is 0.0203. The Morgan fingerprint density at radius 3 is 2.00 bits per heavy atom. The summed E-state index contributed by atoms with van der Waals surface area (Å²) in [5.74, 6) is -0.646. The molecule has 0 saturated carbocycles. The molecule has 290 valence electrons. The topological polar surface area (TPSA) is 178 Å².